The summed E-state index contributed by atoms with van der Waals surface area (Å²) in [6, 6.07) is 0. The molecule has 0 saturated carbocycles. The van der Waals surface area contributed by atoms with Crippen molar-refractivity contribution in [2.45, 2.75) is 12.8 Å². The highest BCUT2D eigenvalue weighted by Gasteiger charge is 2.09. The van der Waals surface area contributed by atoms with E-state index in [4.69, 9.17) is 14.2 Å². The average Bonchev–Trinajstić information content (AvgIpc) is 2.25. The van der Waals surface area contributed by atoms with Crippen LogP contribution >= 0.6 is 0 Å². The van der Waals surface area contributed by atoms with Crippen LogP contribution < -0.4 is 0 Å². The summed E-state index contributed by atoms with van der Waals surface area (Å²) in [5, 5.41) is 0. The van der Waals surface area contributed by atoms with Gasteiger partial charge in [-0.25, -0.2) is 0 Å². The fourth-order valence-electron chi connectivity index (χ4n) is 1.22. The lowest BCUT2D eigenvalue weighted by molar-refractivity contribution is 0.133. The molecule has 1 aliphatic carbocycles. The molecule has 0 atom stereocenters. The average molecular weight is 197 g/mol. The highest BCUT2D eigenvalue weighted by Crippen LogP contribution is 2.19. The minimum Gasteiger partial charge on any atom is -0.493 e. The molecule has 0 aromatic rings. The van der Waals surface area contributed by atoms with Crippen LogP contribution in [0.1, 0.15) is 12.8 Å². The molecule has 0 unspecified atom stereocenters. The van der Waals surface area contributed by atoms with Gasteiger partial charge in [-0.1, -0.05) is 0 Å². The molecule has 3 nitrogen and oxygen atoms in total. The van der Waals surface area contributed by atoms with Crippen LogP contribution in [0.3, 0.4) is 0 Å². The first-order valence-corrected chi connectivity index (χ1v) is 4.78. The minimum atomic E-state index is 0.661. The zero-order chi connectivity index (χ0) is 10.2. The lowest BCUT2D eigenvalue weighted by Crippen LogP contribution is -2.05. The molecule has 1 aliphatic rings. The van der Waals surface area contributed by atoms with Crippen LogP contribution in [0.25, 0.3) is 0 Å². The van der Waals surface area contributed by atoms with Crippen molar-refractivity contribution in [3.05, 3.63) is 30.1 Å². The third kappa shape index (κ3) is 3.42. The van der Waals surface area contributed by atoms with Crippen molar-refractivity contribution in [1.82, 2.24) is 0 Å². The van der Waals surface area contributed by atoms with Crippen molar-refractivity contribution in [3.63, 3.8) is 0 Å². The zero-order valence-electron chi connectivity index (χ0n) is 8.79. The summed E-state index contributed by atoms with van der Waals surface area (Å²) < 4.78 is 15.7. The summed E-state index contributed by atoms with van der Waals surface area (Å²) in [5.74, 6) is 1.64. The van der Waals surface area contributed by atoms with E-state index in [1.165, 1.54) is 0 Å². The summed E-state index contributed by atoms with van der Waals surface area (Å²) in [5.41, 5.74) is 0. The second kappa shape index (κ2) is 6.49. The Balaban J connectivity index is 2.28. The van der Waals surface area contributed by atoms with E-state index >= 15 is 0 Å². The number of methoxy groups -OCH3 is 2. The molecule has 0 heterocycles. The molecule has 1 rings (SSSR count). The number of hydrogen-bond donors (Lipinski definition) is 0. The maximum atomic E-state index is 5.55. The Kier molecular flexibility index (Phi) is 5.15. The van der Waals surface area contributed by atoms with Gasteiger partial charge < -0.3 is 14.2 Å². The van der Waals surface area contributed by atoms with E-state index < -0.39 is 0 Å². The number of ether oxygens (including phenoxy) is 3. The minimum absolute atomic E-state index is 0.661. The van der Waals surface area contributed by atoms with Crippen molar-refractivity contribution in [2.24, 2.45) is 0 Å². The van der Waals surface area contributed by atoms with Gasteiger partial charge in [0.2, 0.25) is 0 Å². The van der Waals surface area contributed by atoms with Crippen LogP contribution in [0.15, 0.2) is 23.7 Å². The van der Waals surface area contributed by atoms with Crippen LogP contribution in [0, 0.1) is 6.42 Å². The quantitative estimate of drug-likeness (QED) is 0.610. The van der Waals surface area contributed by atoms with E-state index in [1.54, 1.807) is 14.2 Å². The third-order valence-corrected chi connectivity index (χ3v) is 1.92. The van der Waals surface area contributed by atoms with E-state index in [9.17, 15) is 0 Å². The predicted molar refractivity (Wildman–Crippen MR) is 54.5 cm³/mol. The van der Waals surface area contributed by atoms with Crippen molar-refractivity contribution < 1.29 is 14.2 Å². The van der Waals surface area contributed by atoms with Crippen molar-refractivity contribution in [1.29, 1.82) is 0 Å². The first kappa shape index (κ1) is 11.1. The summed E-state index contributed by atoms with van der Waals surface area (Å²) >= 11 is 0. The van der Waals surface area contributed by atoms with E-state index in [2.05, 4.69) is 0 Å². The SMILES string of the molecule is COCCCOC1=C[CH]CC=C1OC. The molecule has 0 aliphatic heterocycles. The van der Waals surface area contributed by atoms with Crippen LogP contribution in [-0.2, 0) is 14.2 Å². The molecule has 79 valence electrons. The molecule has 0 fully saturated rings. The van der Waals surface area contributed by atoms with Crippen molar-refractivity contribution in [3.8, 4) is 0 Å². The molecule has 0 bridgehead atoms. The number of allylic oxidation sites excluding steroid dienone is 2. The maximum Gasteiger partial charge on any atom is 0.157 e. The Hall–Kier alpha value is -0.960. The second-order valence-corrected chi connectivity index (χ2v) is 2.97. The molecule has 0 amide bonds. The molecule has 0 saturated heterocycles. The van der Waals surface area contributed by atoms with Gasteiger partial charge in [-0.2, -0.15) is 0 Å². The Morgan fingerprint density at radius 3 is 2.79 bits per heavy atom. The van der Waals surface area contributed by atoms with Crippen LogP contribution in [-0.4, -0.2) is 27.4 Å². The van der Waals surface area contributed by atoms with Gasteiger partial charge in [0, 0.05) is 20.1 Å². The summed E-state index contributed by atoms with van der Waals surface area (Å²) in [6.45, 7) is 1.39. The first-order valence-electron chi connectivity index (χ1n) is 4.78. The van der Waals surface area contributed by atoms with Gasteiger partial charge in [-0.3, -0.25) is 0 Å². The maximum absolute atomic E-state index is 5.55. The summed E-state index contributed by atoms with van der Waals surface area (Å²) in [6.07, 6.45) is 7.81. The lowest BCUT2D eigenvalue weighted by atomic mass is 10.1. The van der Waals surface area contributed by atoms with Crippen LogP contribution in [0.2, 0.25) is 0 Å². The smallest absolute Gasteiger partial charge is 0.157 e. The highest BCUT2D eigenvalue weighted by molar-refractivity contribution is 5.28. The van der Waals surface area contributed by atoms with E-state index in [1.807, 2.05) is 18.6 Å². The number of rotatable bonds is 6. The van der Waals surface area contributed by atoms with Gasteiger partial charge >= 0.3 is 0 Å². The van der Waals surface area contributed by atoms with E-state index in [-0.39, 0.29) is 0 Å². The van der Waals surface area contributed by atoms with Crippen molar-refractivity contribution in [2.75, 3.05) is 27.4 Å². The Bertz CT molecular complexity index is 219. The Morgan fingerprint density at radius 1 is 1.21 bits per heavy atom. The topological polar surface area (TPSA) is 27.7 Å². The molecule has 0 aromatic carbocycles. The van der Waals surface area contributed by atoms with Gasteiger partial charge in [-0.15, -0.1) is 0 Å². The van der Waals surface area contributed by atoms with E-state index in [0.717, 1.165) is 31.0 Å². The summed E-state index contributed by atoms with van der Waals surface area (Å²) in [7, 11) is 3.34. The van der Waals surface area contributed by atoms with Gasteiger partial charge in [0.05, 0.1) is 13.7 Å². The van der Waals surface area contributed by atoms with Gasteiger partial charge in [-0.05, 0) is 25.0 Å². The lowest BCUT2D eigenvalue weighted by Gasteiger charge is -2.15. The largest absolute Gasteiger partial charge is 0.493 e. The molecule has 0 N–H and O–H groups in total. The highest BCUT2D eigenvalue weighted by atomic mass is 16.5. The standard InChI is InChI=1S/C11H17O3/c1-12-8-5-9-14-11-7-4-3-6-10(11)13-2/h4,6-7H,3,5,8-9H2,1-2H3. The molecular formula is C11H17O3. The fraction of sp³-hybridized carbons (Fsp3) is 0.545. The van der Waals surface area contributed by atoms with Gasteiger partial charge in [0.15, 0.2) is 11.5 Å². The molecule has 0 aromatic heterocycles. The Labute approximate surface area is 85.3 Å². The molecule has 1 radical (unpaired) electrons. The van der Waals surface area contributed by atoms with Crippen molar-refractivity contribution >= 4 is 0 Å². The first-order chi connectivity index (χ1) is 6.88. The normalized spacial score (nSPS) is 15.9. The monoisotopic (exact) mass is 197 g/mol. The number of hydrogen-bond acceptors (Lipinski definition) is 3. The third-order valence-electron chi connectivity index (χ3n) is 1.92. The predicted octanol–water partition coefficient (Wildman–Crippen LogP) is 2.06. The van der Waals surface area contributed by atoms with Gasteiger partial charge in [0.25, 0.3) is 0 Å². The summed E-state index contributed by atoms with van der Waals surface area (Å²) in [4.78, 5) is 0. The molecule has 14 heavy (non-hydrogen) atoms. The Morgan fingerprint density at radius 2 is 2.07 bits per heavy atom. The molecule has 3 heteroatoms. The molecule has 0 spiro atoms. The molecular weight excluding hydrogens is 180 g/mol. The van der Waals surface area contributed by atoms with Crippen LogP contribution in [0.4, 0.5) is 0 Å². The van der Waals surface area contributed by atoms with Crippen LogP contribution in [0.5, 0.6) is 0 Å². The van der Waals surface area contributed by atoms with Gasteiger partial charge in [0.1, 0.15) is 0 Å². The fourth-order valence-corrected chi connectivity index (χ4v) is 1.22. The zero-order valence-corrected chi connectivity index (χ0v) is 8.79. The van der Waals surface area contributed by atoms with E-state index in [0.29, 0.717) is 6.61 Å². The second-order valence-electron chi connectivity index (χ2n) is 2.97.